The number of nitrogens with zero attached hydrogens (tertiary/aromatic N) is 2. The second kappa shape index (κ2) is 6.02. The third-order valence-corrected chi connectivity index (χ3v) is 3.08. The highest BCUT2D eigenvalue weighted by Crippen LogP contribution is 2.14. The summed E-state index contributed by atoms with van der Waals surface area (Å²) in [7, 11) is 0. The van der Waals surface area contributed by atoms with Crippen molar-refractivity contribution in [2.45, 2.75) is 13.1 Å². The molecule has 0 fully saturated rings. The zero-order valence-corrected chi connectivity index (χ0v) is 11.3. The van der Waals surface area contributed by atoms with Crippen molar-refractivity contribution in [3.8, 4) is 0 Å². The van der Waals surface area contributed by atoms with Crippen LogP contribution >= 0.6 is 11.6 Å². The van der Waals surface area contributed by atoms with Gasteiger partial charge < -0.3 is 5.73 Å². The Morgan fingerprint density at radius 3 is 2.65 bits per heavy atom. The number of hydrogen-bond donors (Lipinski definition) is 1. The Morgan fingerprint density at radius 1 is 1.25 bits per heavy atom. The highest BCUT2D eigenvalue weighted by molar-refractivity contribution is 6.30. The molecule has 0 amide bonds. The SMILES string of the molecule is NCCn1c(=O)ccn(Cc2ccc(Cl)cc2F)c1=O. The fourth-order valence-electron chi connectivity index (χ4n) is 1.85. The van der Waals surface area contributed by atoms with E-state index >= 15 is 0 Å². The van der Waals surface area contributed by atoms with Gasteiger partial charge in [0.05, 0.1) is 6.54 Å². The fourth-order valence-corrected chi connectivity index (χ4v) is 2.00. The van der Waals surface area contributed by atoms with Crippen molar-refractivity contribution in [1.82, 2.24) is 9.13 Å². The van der Waals surface area contributed by atoms with Crippen LogP contribution in [0.4, 0.5) is 4.39 Å². The Bertz CT molecular complexity index is 739. The average Bonchev–Trinajstić information content (AvgIpc) is 2.40. The molecule has 2 aromatic rings. The maximum Gasteiger partial charge on any atom is 0.331 e. The number of hydrogen-bond acceptors (Lipinski definition) is 3. The van der Waals surface area contributed by atoms with E-state index in [0.717, 1.165) is 4.57 Å². The van der Waals surface area contributed by atoms with Crippen LogP contribution in [0.2, 0.25) is 5.02 Å². The van der Waals surface area contributed by atoms with Gasteiger partial charge in [-0.1, -0.05) is 17.7 Å². The molecule has 0 spiro atoms. The molecule has 0 aliphatic rings. The van der Waals surface area contributed by atoms with Gasteiger partial charge in [-0.15, -0.1) is 0 Å². The van der Waals surface area contributed by atoms with Crippen molar-refractivity contribution in [2.24, 2.45) is 5.73 Å². The molecule has 2 N–H and O–H groups in total. The van der Waals surface area contributed by atoms with Crippen molar-refractivity contribution < 1.29 is 4.39 Å². The fraction of sp³-hybridized carbons (Fsp3) is 0.231. The number of halogens is 2. The van der Waals surface area contributed by atoms with Gasteiger partial charge in [0.2, 0.25) is 0 Å². The number of benzene rings is 1. The third kappa shape index (κ3) is 2.97. The lowest BCUT2D eigenvalue weighted by atomic mass is 10.2. The molecule has 0 aliphatic carbocycles. The minimum Gasteiger partial charge on any atom is -0.329 e. The Hall–Kier alpha value is -1.92. The van der Waals surface area contributed by atoms with Crippen molar-refractivity contribution in [2.75, 3.05) is 6.54 Å². The Kier molecular flexibility index (Phi) is 4.36. The monoisotopic (exact) mass is 297 g/mol. The lowest BCUT2D eigenvalue weighted by molar-refractivity contribution is 0.559. The van der Waals surface area contributed by atoms with E-state index in [1.807, 2.05) is 0 Å². The van der Waals surface area contributed by atoms with Crippen LogP contribution in [0.1, 0.15) is 5.56 Å². The molecule has 0 aliphatic heterocycles. The third-order valence-electron chi connectivity index (χ3n) is 2.85. The molecular weight excluding hydrogens is 285 g/mol. The van der Waals surface area contributed by atoms with Gasteiger partial charge in [0, 0.05) is 35.9 Å². The van der Waals surface area contributed by atoms with Crippen molar-refractivity contribution >= 4 is 11.6 Å². The molecule has 5 nitrogen and oxygen atoms in total. The van der Waals surface area contributed by atoms with E-state index in [2.05, 4.69) is 0 Å². The van der Waals surface area contributed by atoms with Crippen LogP contribution in [0, 0.1) is 5.82 Å². The molecule has 0 radical (unpaired) electrons. The summed E-state index contributed by atoms with van der Waals surface area (Å²) in [4.78, 5) is 23.6. The van der Waals surface area contributed by atoms with Crippen molar-refractivity contribution in [3.63, 3.8) is 0 Å². The molecule has 0 bridgehead atoms. The summed E-state index contributed by atoms with van der Waals surface area (Å²) in [5.41, 5.74) is 4.73. The van der Waals surface area contributed by atoms with Gasteiger partial charge in [-0.3, -0.25) is 13.9 Å². The maximum absolute atomic E-state index is 13.7. The summed E-state index contributed by atoms with van der Waals surface area (Å²) in [6.07, 6.45) is 1.34. The van der Waals surface area contributed by atoms with E-state index in [-0.39, 0.29) is 24.7 Å². The summed E-state index contributed by atoms with van der Waals surface area (Å²) in [6, 6.07) is 5.48. The van der Waals surface area contributed by atoms with Gasteiger partial charge in [0.15, 0.2) is 0 Å². The van der Waals surface area contributed by atoms with Crippen molar-refractivity contribution in [1.29, 1.82) is 0 Å². The summed E-state index contributed by atoms with van der Waals surface area (Å²) in [5, 5.41) is 0.284. The summed E-state index contributed by atoms with van der Waals surface area (Å²) in [5.74, 6) is -0.499. The van der Waals surface area contributed by atoms with E-state index in [4.69, 9.17) is 17.3 Å². The predicted octanol–water partition coefficient (Wildman–Crippen LogP) is 0.810. The molecule has 7 heteroatoms. The molecule has 0 saturated carbocycles. The molecule has 2 rings (SSSR count). The van der Waals surface area contributed by atoms with Gasteiger partial charge in [-0.2, -0.15) is 0 Å². The lowest BCUT2D eigenvalue weighted by Gasteiger charge is -2.10. The zero-order valence-electron chi connectivity index (χ0n) is 10.6. The number of aromatic nitrogens is 2. The van der Waals surface area contributed by atoms with Crippen LogP contribution in [-0.2, 0) is 13.1 Å². The molecule has 1 heterocycles. The molecule has 0 unspecified atom stereocenters. The van der Waals surface area contributed by atoms with Gasteiger partial charge in [-0.05, 0) is 12.1 Å². The minimum absolute atomic E-state index is 0.0205. The minimum atomic E-state index is -0.516. The summed E-state index contributed by atoms with van der Waals surface area (Å²) in [6.45, 7) is 0.322. The molecule has 1 aromatic heterocycles. The second-order valence-corrected chi connectivity index (χ2v) is 4.68. The van der Waals surface area contributed by atoms with Gasteiger partial charge in [0.25, 0.3) is 5.56 Å². The largest absolute Gasteiger partial charge is 0.331 e. The predicted molar refractivity (Wildman–Crippen MR) is 74.5 cm³/mol. The Labute approximate surface area is 119 Å². The normalized spacial score (nSPS) is 10.8. The molecule has 0 atom stereocenters. The van der Waals surface area contributed by atoms with Gasteiger partial charge in [-0.25, -0.2) is 9.18 Å². The van der Waals surface area contributed by atoms with Crippen LogP contribution in [-0.4, -0.2) is 15.7 Å². The van der Waals surface area contributed by atoms with Crippen LogP contribution in [0.15, 0.2) is 40.1 Å². The lowest BCUT2D eigenvalue weighted by Crippen LogP contribution is -2.40. The standard InChI is InChI=1S/C13H13ClFN3O2/c14-10-2-1-9(11(15)7-10)8-17-5-3-12(19)18(6-4-16)13(17)20/h1-3,5,7H,4,6,8,16H2. The first-order valence-corrected chi connectivity index (χ1v) is 6.35. The van der Waals surface area contributed by atoms with Crippen LogP contribution < -0.4 is 17.0 Å². The van der Waals surface area contributed by atoms with Crippen LogP contribution in [0.3, 0.4) is 0 Å². The quantitative estimate of drug-likeness (QED) is 0.908. The highest BCUT2D eigenvalue weighted by atomic mass is 35.5. The molecule has 1 aromatic carbocycles. The first-order valence-electron chi connectivity index (χ1n) is 5.97. The van der Waals surface area contributed by atoms with E-state index in [1.165, 1.54) is 29.0 Å². The van der Waals surface area contributed by atoms with E-state index < -0.39 is 17.1 Å². The van der Waals surface area contributed by atoms with E-state index in [1.54, 1.807) is 6.07 Å². The molecule has 106 valence electrons. The Balaban J connectivity index is 2.42. The van der Waals surface area contributed by atoms with Gasteiger partial charge in [0.1, 0.15) is 5.82 Å². The van der Waals surface area contributed by atoms with E-state index in [0.29, 0.717) is 5.56 Å². The number of rotatable bonds is 4. The maximum atomic E-state index is 13.7. The molecule has 20 heavy (non-hydrogen) atoms. The average molecular weight is 298 g/mol. The van der Waals surface area contributed by atoms with E-state index in [9.17, 15) is 14.0 Å². The van der Waals surface area contributed by atoms with Gasteiger partial charge >= 0.3 is 5.69 Å². The smallest absolute Gasteiger partial charge is 0.329 e. The van der Waals surface area contributed by atoms with Crippen molar-refractivity contribution in [3.05, 3.63) is 67.7 Å². The molecular formula is C13H13ClFN3O2. The molecule has 0 saturated heterocycles. The highest BCUT2D eigenvalue weighted by Gasteiger charge is 2.08. The summed E-state index contributed by atoms with van der Waals surface area (Å²) >= 11 is 5.67. The van der Waals surface area contributed by atoms with Crippen LogP contribution in [0.25, 0.3) is 0 Å². The summed E-state index contributed by atoms with van der Waals surface area (Å²) < 4.78 is 16.0. The number of nitrogens with two attached hydrogens (primary N) is 1. The zero-order chi connectivity index (χ0) is 14.7. The topological polar surface area (TPSA) is 70.0 Å². The second-order valence-electron chi connectivity index (χ2n) is 4.24. The van der Waals surface area contributed by atoms with Crippen LogP contribution in [0.5, 0.6) is 0 Å². The first kappa shape index (κ1) is 14.5. The first-order chi connectivity index (χ1) is 9.52. The Morgan fingerprint density at radius 2 is 2.00 bits per heavy atom.